The van der Waals surface area contributed by atoms with Gasteiger partial charge in [0, 0.05) is 12.6 Å². The molecule has 5 nitrogen and oxygen atoms in total. The number of benzene rings is 1. The Hall–Kier alpha value is -2.56. The molecule has 2 unspecified atom stereocenters. The Balaban J connectivity index is 2.26. The predicted molar refractivity (Wildman–Crippen MR) is 95.6 cm³/mol. The zero-order chi connectivity index (χ0) is 18.4. The molecule has 0 saturated heterocycles. The average molecular weight is 343 g/mol. The van der Waals surface area contributed by atoms with E-state index in [0.717, 1.165) is 11.1 Å². The summed E-state index contributed by atoms with van der Waals surface area (Å²) in [6, 6.07) is 9.43. The number of hydrogen-bond acceptors (Lipinski definition) is 4. The monoisotopic (exact) mass is 343 g/mol. The number of allylic oxidation sites excluding steroid dienone is 2. The highest BCUT2D eigenvalue weighted by molar-refractivity contribution is 5.86. The van der Waals surface area contributed by atoms with Crippen molar-refractivity contribution >= 4 is 12.1 Å². The lowest BCUT2D eigenvalue weighted by Gasteiger charge is -2.35. The maximum atomic E-state index is 12.7. The van der Waals surface area contributed by atoms with E-state index in [1.165, 1.54) is 12.0 Å². The van der Waals surface area contributed by atoms with Gasteiger partial charge in [-0.2, -0.15) is 0 Å². The van der Waals surface area contributed by atoms with Crippen molar-refractivity contribution in [2.75, 3.05) is 7.11 Å². The third-order valence-electron chi connectivity index (χ3n) is 4.59. The molecule has 2 rings (SSSR count). The van der Waals surface area contributed by atoms with Gasteiger partial charge in [0.15, 0.2) is 0 Å². The van der Waals surface area contributed by atoms with Gasteiger partial charge in [-0.1, -0.05) is 55.0 Å². The molecule has 0 aliphatic carbocycles. The SMILES string of the molecule is C/C=C1\CC(C)(C(=O)OC)N(C(=O)OCc2ccccc2)C=CC1C. The summed E-state index contributed by atoms with van der Waals surface area (Å²) in [6.45, 7) is 5.81. The fourth-order valence-electron chi connectivity index (χ4n) is 2.95. The van der Waals surface area contributed by atoms with Crippen LogP contribution in [0.15, 0.2) is 54.3 Å². The van der Waals surface area contributed by atoms with Crippen LogP contribution in [0.4, 0.5) is 4.79 Å². The summed E-state index contributed by atoms with van der Waals surface area (Å²) in [7, 11) is 1.33. The minimum Gasteiger partial charge on any atom is -0.467 e. The van der Waals surface area contributed by atoms with E-state index < -0.39 is 17.6 Å². The number of rotatable bonds is 3. The van der Waals surface area contributed by atoms with E-state index in [2.05, 4.69) is 0 Å². The lowest BCUT2D eigenvalue weighted by Crippen LogP contribution is -2.53. The molecule has 2 atom stereocenters. The molecule has 1 heterocycles. The minimum atomic E-state index is -1.15. The molecule has 0 saturated carbocycles. The molecule has 134 valence electrons. The molecule has 1 aromatic rings. The Morgan fingerprint density at radius 3 is 2.60 bits per heavy atom. The van der Waals surface area contributed by atoms with Gasteiger partial charge in [-0.05, 0) is 25.3 Å². The van der Waals surface area contributed by atoms with Crippen LogP contribution in [-0.2, 0) is 20.9 Å². The summed E-state index contributed by atoms with van der Waals surface area (Å²) >= 11 is 0. The molecule has 5 heteroatoms. The molecule has 0 radical (unpaired) electrons. The fraction of sp³-hybridized carbons (Fsp3) is 0.400. The van der Waals surface area contributed by atoms with Crippen LogP contribution in [0.2, 0.25) is 0 Å². The van der Waals surface area contributed by atoms with Gasteiger partial charge in [0.2, 0.25) is 0 Å². The van der Waals surface area contributed by atoms with Crippen LogP contribution in [0.5, 0.6) is 0 Å². The topological polar surface area (TPSA) is 55.8 Å². The molecule has 1 aliphatic heterocycles. The molecule has 1 amide bonds. The Morgan fingerprint density at radius 2 is 2.00 bits per heavy atom. The molecular formula is C20H25NO4. The van der Waals surface area contributed by atoms with Gasteiger partial charge in [0.1, 0.15) is 12.1 Å². The molecule has 25 heavy (non-hydrogen) atoms. The van der Waals surface area contributed by atoms with E-state index in [1.54, 1.807) is 13.1 Å². The van der Waals surface area contributed by atoms with Gasteiger partial charge in [0.25, 0.3) is 0 Å². The summed E-state index contributed by atoms with van der Waals surface area (Å²) in [5.74, 6) is -0.344. The van der Waals surface area contributed by atoms with Crippen LogP contribution in [0.1, 0.15) is 32.8 Å². The first kappa shape index (κ1) is 18.8. The van der Waals surface area contributed by atoms with Gasteiger partial charge in [-0.3, -0.25) is 4.90 Å². The van der Waals surface area contributed by atoms with E-state index in [-0.39, 0.29) is 12.5 Å². The third-order valence-corrected chi connectivity index (χ3v) is 4.59. The highest BCUT2D eigenvalue weighted by Gasteiger charge is 2.45. The fourth-order valence-corrected chi connectivity index (χ4v) is 2.95. The standard InChI is InChI=1S/C20H25NO4/c1-5-17-13-20(3,18(22)24-4)21(12-11-15(17)2)19(23)25-14-16-9-7-6-8-10-16/h5-12,15H,13-14H2,1-4H3/b17-5+. The van der Waals surface area contributed by atoms with Crippen LogP contribution >= 0.6 is 0 Å². The quantitative estimate of drug-likeness (QED) is 0.613. The van der Waals surface area contributed by atoms with Crippen LogP contribution in [-0.4, -0.2) is 29.6 Å². The van der Waals surface area contributed by atoms with Crippen molar-refractivity contribution in [1.82, 2.24) is 4.90 Å². The van der Waals surface area contributed by atoms with Crippen molar-refractivity contribution in [2.24, 2.45) is 5.92 Å². The van der Waals surface area contributed by atoms with Gasteiger partial charge >= 0.3 is 12.1 Å². The number of hydrogen-bond donors (Lipinski definition) is 0. The van der Waals surface area contributed by atoms with E-state index in [0.29, 0.717) is 6.42 Å². The van der Waals surface area contributed by atoms with E-state index in [9.17, 15) is 9.59 Å². The highest BCUT2D eigenvalue weighted by Crippen LogP contribution is 2.34. The van der Waals surface area contributed by atoms with Crippen molar-refractivity contribution in [2.45, 2.75) is 39.3 Å². The number of esters is 1. The average Bonchev–Trinajstić information content (AvgIpc) is 2.76. The maximum absolute atomic E-state index is 12.7. The van der Waals surface area contributed by atoms with Crippen molar-refractivity contribution < 1.29 is 19.1 Å². The summed E-state index contributed by atoms with van der Waals surface area (Å²) in [5, 5.41) is 0. The highest BCUT2D eigenvalue weighted by atomic mass is 16.6. The van der Waals surface area contributed by atoms with Crippen LogP contribution < -0.4 is 0 Å². The molecule has 0 bridgehead atoms. The number of amides is 1. The molecular weight excluding hydrogens is 318 g/mol. The Morgan fingerprint density at radius 1 is 1.32 bits per heavy atom. The second-order valence-corrected chi connectivity index (χ2v) is 6.35. The molecule has 1 aromatic carbocycles. The number of carbonyl (C=O) groups is 2. The second-order valence-electron chi connectivity index (χ2n) is 6.35. The van der Waals surface area contributed by atoms with Crippen molar-refractivity contribution in [3.63, 3.8) is 0 Å². The second kappa shape index (κ2) is 8.01. The van der Waals surface area contributed by atoms with Gasteiger partial charge < -0.3 is 9.47 Å². The smallest absolute Gasteiger partial charge is 0.415 e. The number of methoxy groups -OCH3 is 1. The number of nitrogens with zero attached hydrogens (tertiary/aromatic N) is 1. The predicted octanol–water partition coefficient (Wildman–Crippen LogP) is 4.06. The van der Waals surface area contributed by atoms with E-state index in [1.807, 2.05) is 56.3 Å². The molecule has 0 fully saturated rings. The first-order chi connectivity index (χ1) is 11.9. The van der Waals surface area contributed by atoms with Crippen molar-refractivity contribution in [3.05, 3.63) is 59.8 Å². The lowest BCUT2D eigenvalue weighted by molar-refractivity contribution is -0.151. The zero-order valence-electron chi connectivity index (χ0n) is 15.2. The lowest BCUT2D eigenvalue weighted by atomic mass is 9.87. The largest absolute Gasteiger partial charge is 0.467 e. The number of carbonyl (C=O) groups excluding carboxylic acids is 2. The Labute approximate surface area is 148 Å². The molecule has 0 N–H and O–H groups in total. The van der Waals surface area contributed by atoms with Crippen molar-refractivity contribution in [3.8, 4) is 0 Å². The van der Waals surface area contributed by atoms with Gasteiger partial charge in [-0.15, -0.1) is 0 Å². The molecule has 0 spiro atoms. The van der Waals surface area contributed by atoms with Gasteiger partial charge in [0.05, 0.1) is 7.11 Å². The van der Waals surface area contributed by atoms with E-state index in [4.69, 9.17) is 9.47 Å². The Kier molecular flexibility index (Phi) is 6.02. The first-order valence-corrected chi connectivity index (χ1v) is 8.34. The zero-order valence-corrected chi connectivity index (χ0v) is 15.2. The molecule has 0 aromatic heterocycles. The normalized spacial score (nSPS) is 24.7. The summed E-state index contributed by atoms with van der Waals surface area (Å²) in [6.07, 6.45) is 5.33. The summed E-state index contributed by atoms with van der Waals surface area (Å²) < 4.78 is 10.4. The summed E-state index contributed by atoms with van der Waals surface area (Å²) in [4.78, 5) is 26.5. The maximum Gasteiger partial charge on any atom is 0.415 e. The first-order valence-electron chi connectivity index (χ1n) is 8.34. The molecule has 1 aliphatic rings. The van der Waals surface area contributed by atoms with Gasteiger partial charge in [-0.25, -0.2) is 9.59 Å². The van der Waals surface area contributed by atoms with Crippen LogP contribution in [0.25, 0.3) is 0 Å². The summed E-state index contributed by atoms with van der Waals surface area (Å²) in [5.41, 5.74) is 0.811. The van der Waals surface area contributed by atoms with Crippen molar-refractivity contribution in [1.29, 1.82) is 0 Å². The number of ether oxygens (including phenoxy) is 2. The minimum absolute atomic E-state index is 0.126. The van der Waals surface area contributed by atoms with Crippen LogP contribution in [0, 0.1) is 5.92 Å². The van der Waals surface area contributed by atoms with Crippen LogP contribution in [0.3, 0.4) is 0 Å². The van der Waals surface area contributed by atoms with E-state index >= 15 is 0 Å². The Bertz CT molecular complexity index is 680. The third kappa shape index (κ3) is 4.10.